The maximum Gasteiger partial charge on any atom is 0.223 e. The van der Waals surface area contributed by atoms with Crippen molar-refractivity contribution in [2.75, 3.05) is 24.5 Å². The van der Waals surface area contributed by atoms with Gasteiger partial charge in [-0.2, -0.15) is 0 Å². The lowest BCUT2D eigenvalue weighted by Crippen LogP contribution is -2.41. The van der Waals surface area contributed by atoms with Crippen molar-refractivity contribution in [3.63, 3.8) is 0 Å². The van der Waals surface area contributed by atoms with Crippen LogP contribution < -0.4 is 10.2 Å². The Balaban J connectivity index is 1.83. The second-order valence-electron chi connectivity index (χ2n) is 7.18. The van der Waals surface area contributed by atoms with Crippen LogP contribution in [-0.4, -0.2) is 35.1 Å². The molecule has 0 saturated carbocycles. The minimum absolute atomic E-state index is 0.0959. The molecule has 142 valence electrons. The van der Waals surface area contributed by atoms with Crippen LogP contribution in [0.5, 0.6) is 0 Å². The van der Waals surface area contributed by atoms with Crippen molar-refractivity contribution >= 4 is 46.1 Å². The molecule has 2 aromatic rings. The lowest BCUT2D eigenvalue weighted by Gasteiger charge is -2.33. The van der Waals surface area contributed by atoms with Gasteiger partial charge >= 0.3 is 0 Å². The van der Waals surface area contributed by atoms with Crippen molar-refractivity contribution in [3.05, 3.63) is 22.2 Å². The molecule has 0 radical (unpaired) electrons. The number of benzene rings is 1. The summed E-state index contributed by atoms with van der Waals surface area (Å²) in [6.45, 7) is 8.74. The molecule has 0 bridgehead atoms. The minimum Gasteiger partial charge on any atom is -0.356 e. The zero-order valence-electron chi connectivity index (χ0n) is 15.6. The van der Waals surface area contributed by atoms with Gasteiger partial charge in [0.1, 0.15) is 0 Å². The lowest BCUT2D eigenvalue weighted by atomic mass is 9.96. The van der Waals surface area contributed by atoms with Crippen molar-refractivity contribution in [1.82, 2.24) is 14.9 Å². The summed E-state index contributed by atoms with van der Waals surface area (Å²) in [4.78, 5) is 19.3. The van der Waals surface area contributed by atoms with E-state index in [1.165, 1.54) is 0 Å². The van der Waals surface area contributed by atoms with E-state index in [2.05, 4.69) is 35.6 Å². The highest BCUT2D eigenvalue weighted by Crippen LogP contribution is 2.34. The number of nitrogens with one attached hydrogen (secondary N) is 1. The van der Waals surface area contributed by atoms with Gasteiger partial charge in [-0.25, -0.2) is 4.98 Å². The molecule has 1 saturated heterocycles. The van der Waals surface area contributed by atoms with Crippen molar-refractivity contribution in [1.29, 1.82) is 0 Å². The number of aromatic nitrogens is 2. The predicted octanol–water partition coefficient (Wildman–Crippen LogP) is 4.67. The highest BCUT2D eigenvalue weighted by atomic mass is 35.5. The van der Waals surface area contributed by atoms with Crippen LogP contribution in [-0.2, 0) is 4.79 Å². The van der Waals surface area contributed by atoms with E-state index in [9.17, 15) is 4.79 Å². The third-order valence-corrected chi connectivity index (χ3v) is 5.65. The molecule has 3 rings (SSSR count). The fraction of sp³-hybridized carbons (Fsp3) is 0.579. The molecule has 5 nitrogen and oxygen atoms in total. The summed E-state index contributed by atoms with van der Waals surface area (Å²) in [6.07, 6.45) is 2.66. The highest BCUT2D eigenvalue weighted by Gasteiger charge is 2.28. The monoisotopic (exact) mass is 396 g/mol. The third kappa shape index (κ3) is 3.79. The quantitative estimate of drug-likeness (QED) is 0.798. The molecule has 1 amide bonds. The Hall–Kier alpha value is -1.46. The number of hydrogen-bond acceptors (Lipinski definition) is 3. The number of hydrogen-bond donors (Lipinski definition) is 1. The van der Waals surface area contributed by atoms with Crippen LogP contribution in [0.25, 0.3) is 11.0 Å². The molecule has 1 aromatic heterocycles. The molecule has 0 spiro atoms. The molecule has 26 heavy (non-hydrogen) atoms. The number of amides is 1. The Bertz CT molecular complexity index is 794. The maximum absolute atomic E-state index is 12.2. The number of nitrogens with zero attached hydrogens (tertiary/aromatic N) is 3. The minimum atomic E-state index is 0.0959. The average molecular weight is 397 g/mol. The van der Waals surface area contributed by atoms with Crippen LogP contribution in [0.1, 0.15) is 46.1 Å². The fourth-order valence-corrected chi connectivity index (χ4v) is 3.86. The first-order chi connectivity index (χ1) is 12.4. The van der Waals surface area contributed by atoms with Crippen LogP contribution >= 0.6 is 23.2 Å². The Labute approximate surface area is 164 Å². The number of rotatable bonds is 5. The van der Waals surface area contributed by atoms with Crippen LogP contribution in [0.2, 0.25) is 10.0 Å². The summed E-state index contributed by atoms with van der Waals surface area (Å²) in [6, 6.07) is 3.96. The van der Waals surface area contributed by atoms with Crippen LogP contribution in [0.4, 0.5) is 5.95 Å². The number of imidazole rings is 1. The number of anilines is 1. The van der Waals surface area contributed by atoms with Crippen molar-refractivity contribution < 1.29 is 4.79 Å². The first-order valence-corrected chi connectivity index (χ1v) is 10.1. The van der Waals surface area contributed by atoms with Gasteiger partial charge in [-0.1, -0.05) is 30.1 Å². The molecule has 2 heterocycles. The van der Waals surface area contributed by atoms with Crippen molar-refractivity contribution in [2.45, 2.75) is 46.1 Å². The van der Waals surface area contributed by atoms with Gasteiger partial charge < -0.3 is 14.8 Å². The fourth-order valence-electron chi connectivity index (χ4n) is 3.54. The molecule has 1 N–H and O–H groups in total. The Morgan fingerprint density at radius 3 is 2.54 bits per heavy atom. The molecule has 0 atom stereocenters. The molecule has 1 aromatic carbocycles. The number of fused-ring (bicyclic) bond motifs is 1. The van der Waals surface area contributed by atoms with Gasteiger partial charge in [-0.15, -0.1) is 0 Å². The van der Waals surface area contributed by atoms with Crippen LogP contribution in [0.3, 0.4) is 0 Å². The Morgan fingerprint density at radius 2 is 1.92 bits per heavy atom. The molecular weight excluding hydrogens is 371 g/mol. The van der Waals surface area contributed by atoms with E-state index in [4.69, 9.17) is 28.2 Å². The first-order valence-electron chi connectivity index (χ1n) is 9.32. The average Bonchev–Trinajstić information content (AvgIpc) is 2.98. The van der Waals surface area contributed by atoms with E-state index < -0.39 is 0 Å². The zero-order chi connectivity index (χ0) is 18.8. The van der Waals surface area contributed by atoms with Gasteiger partial charge in [-0.05, 0) is 45.2 Å². The summed E-state index contributed by atoms with van der Waals surface area (Å²) in [7, 11) is 0. The second-order valence-corrected chi connectivity index (χ2v) is 8.00. The number of carbonyl (C=O) groups is 1. The van der Waals surface area contributed by atoms with Gasteiger partial charge in [0, 0.05) is 31.6 Å². The van der Waals surface area contributed by atoms with Crippen LogP contribution in [0.15, 0.2) is 12.1 Å². The molecule has 0 aliphatic carbocycles. The molecule has 1 aliphatic rings. The smallest absolute Gasteiger partial charge is 0.223 e. The maximum atomic E-state index is 12.2. The Kier molecular flexibility index (Phi) is 5.98. The largest absolute Gasteiger partial charge is 0.356 e. The first kappa shape index (κ1) is 19.3. The number of halogens is 2. The van der Waals surface area contributed by atoms with Gasteiger partial charge in [0.25, 0.3) is 0 Å². The van der Waals surface area contributed by atoms with Gasteiger partial charge in [0.15, 0.2) is 0 Å². The summed E-state index contributed by atoms with van der Waals surface area (Å²) < 4.78 is 2.20. The summed E-state index contributed by atoms with van der Waals surface area (Å²) in [5, 5.41) is 4.07. The molecule has 0 unspecified atom stereocenters. The van der Waals surface area contributed by atoms with E-state index in [1.54, 1.807) is 0 Å². The van der Waals surface area contributed by atoms with Gasteiger partial charge in [0.05, 0.1) is 21.1 Å². The second kappa shape index (κ2) is 8.05. The van der Waals surface area contributed by atoms with Gasteiger partial charge in [0.2, 0.25) is 11.9 Å². The van der Waals surface area contributed by atoms with Gasteiger partial charge in [-0.3, -0.25) is 4.79 Å². The van der Waals surface area contributed by atoms with E-state index in [0.29, 0.717) is 10.0 Å². The molecule has 1 fully saturated rings. The Morgan fingerprint density at radius 1 is 1.27 bits per heavy atom. The number of piperidine rings is 1. The molecule has 1 aliphatic heterocycles. The predicted molar refractivity (Wildman–Crippen MR) is 108 cm³/mol. The summed E-state index contributed by atoms with van der Waals surface area (Å²) >= 11 is 12.4. The number of carbonyl (C=O) groups excluding carboxylic acids is 1. The standard InChI is InChI=1S/C19H26Cl2N4O/c1-4-7-22-18(26)13-5-8-24(9-6-13)19-23-16-10-14(20)15(21)11-17(16)25(19)12(2)3/h10-13H,4-9H2,1-3H3,(H,22,26). The van der Waals surface area contributed by atoms with Crippen molar-refractivity contribution in [2.24, 2.45) is 5.92 Å². The third-order valence-electron chi connectivity index (χ3n) is 4.93. The highest BCUT2D eigenvalue weighted by molar-refractivity contribution is 6.42. The topological polar surface area (TPSA) is 50.2 Å². The van der Waals surface area contributed by atoms with Crippen LogP contribution in [0, 0.1) is 5.92 Å². The molecular formula is C19H26Cl2N4O. The molecule has 7 heteroatoms. The van der Waals surface area contributed by atoms with E-state index in [0.717, 1.165) is 55.9 Å². The van der Waals surface area contributed by atoms with Crippen molar-refractivity contribution in [3.8, 4) is 0 Å². The lowest BCUT2D eigenvalue weighted by molar-refractivity contribution is -0.125. The SMILES string of the molecule is CCCNC(=O)C1CCN(c2nc3cc(Cl)c(Cl)cc3n2C(C)C)CC1. The van der Waals surface area contributed by atoms with E-state index in [-0.39, 0.29) is 17.9 Å². The van der Waals surface area contributed by atoms with E-state index >= 15 is 0 Å². The summed E-state index contributed by atoms with van der Waals surface area (Å²) in [5.41, 5.74) is 1.85. The zero-order valence-corrected chi connectivity index (χ0v) is 17.1. The normalized spacial score (nSPS) is 15.8. The van der Waals surface area contributed by atoms with E-state index in [1.807, 2.05) is 12.1 Å². The summed E-state index contributed by atoms with van der Waals surface area (Å²) in [5.74, 6) is 1.21.